The Morgan fingerprint density at radius 3 is 1.80 bits per heavy atom. The van der Waals surface area contributed by atoms with Crippen LogP contribution in [-0.4, -0.2) is 35.6 Å². The van der Waals surface area contributed by atoms with E-state index in [0.717, 1.165) is 42.9 Å². The summed E-state index contributed by atoms with van der Waals surface area (Å²) in [6, 6.07) is 0.761. The third-order valence-electron chi connectivity index (χ3n) is 9.79. The zero-order chi connectivity index (χ0) is 38.7. The fourth-order valence-electron chi connectivity index (χ4n) is 7.19. The Morgan fingerprint density at radius 1 is 0.857 bits per heavy atom. The van der Waals surface area contributed by atoms with Gasteiger partial charge in [0.15, 0.2) is 0 Å². The first-order chi connectivity index (χ1) is 23.0. The van der Waals surface area contributed by atoms with Gasteiger partial charge in [0.1, 0.15) is 0 Å². The summed E-state index contributed by atoms with van der Waals surface area (Å²) in [5.74, 6) is 2.26. The molecular weight excluding hydrogens is 599 g/mol. The molecular formula is C44H85N5. The molecule has 0 bridgehead atoms. The number of nitrogens with two attached hydrogens (primary N) is 1. The lowest BCUT2D eigenvalue weighted by Gasteiger charge is -2.47. The molecule has 5 heteroatoms. The number of likely N-dealkylation sites (tertiary alicyclic amines) is 1. The van der Waals surface area contributed by atoms with E-state index in [-0.39, 0.29) is 29.0 Å². The Balaban J connectivity index is 0. The number of hydrogen-bond donors (Lipinski definition) is 4. The lowest BCUT2D eigenvalue weighted by molar-refractivity contribution is 0.137. The third-order valence-corrected chi connectivity index (χ3v) is 9.79. The van der Waals surface area contributed by atoms with Gasteiger partial charge in [-0.25, -0.2) is 0 Å². The van der Waals surface area contributed by atoms with Gasteiger partial charge in [-0.15, -0.1) is 6.58 Å². The molecule has 286 valence electrons. The minimum Gasteiger partial charge on any atom is -0.399 e. The molecule has 1 heterocycles. The van der Waals surface area contributed by atoms with E-state index in [1.807, 2.05) is 55.4 Å². The molecule has 6 atom stereocenters. The van der Waals surface area contributed by atoms with Gasteiger partial charge in [0.25, 0.3) is 0 Å². The third kappa shape index (κ3) is 15.5. The number of piperidine rings is 1. The normalized spacial score (nSPS) is 21.6. The molecule has 49 heavy (non-hydrogen) atoms. The molecule has 3 rings (SSSR count). The summed E-state index contributed by atoms with van der Waals surface area (Å²) in [5, 5.41) is 11.3. The Bertz CT molecular complexity index is 1020. The topological polar surface area (TPSA) is 65.3 Å². The van der Waals surface area contributed by atoms with Crippen LogP contribution in [-0.2, 0) is 0 Å². The second-order valence-electron chi connectivity index (χ2n) is 15.3. The van der Waals surface area contributed by atoms with E-state index in [4.69, 9.17) is 12.3 Å². The number of fused-ring (bicyclic) bond motifs is 1. The maximum absolute atomic E-state index is 6.05. The van der Waals surface area contributed by atoms with Crippen molar-refractivity contribution < 1.29 is 0 Å². The largest absolute Gasteiger partial charge is 0.399 e. The van der Waals surface area contributed by atoms with Crippen LogP contribution >= 0.6 is 0 Å². The van der Waals surface area contributed by atoms with Crippen LogP contribution in [0.25, 0.3) is 0 Å². The van der Waals surface area contributed by atoms with Gasteiger partial charge >= 0.3 is 0 Å². The highest BCUT2D eigenvalue weighted by Gasteiger charge is 2.55. The van der Waals surface area contributed by atoms with E-state index < -0.39 is 0 Å². The molecule has 0 radical (unpaired) electrons. The summed E-state index contributed by atoms with van der Waals surface area (Å²) in [6.07, 6.45) is 10.6. The number of nitrogens with zero attached hydrogens (tertiary/aromatic N) is 1. The molecule has 5 N–H and O–H groups in total. The second kappa shape index (κ2) is 23.8. The van der Waals surface area contributed by atoms with Gasteiger partial charge in [-0.05, 0) is 74.2 Å². The first-order valence-corrected chi connectivity index (χ1v) is 19.8. The fraction of sp³-hybridized carbons (Fsp3) is 0.727. The lowest BCUT2D eigenvalue weighted by atomic mass is 9.69. The molecule has 0 aromatic heterocycles. The molecule has 5 nitrogen and oxygen atoms in total. The summed E-state index contributed by atoms with van der Waals surface area (Å²) < 4.78 is 0. The van der Waals surface area contributed by atoms with Gasteiger partial charge in [-0.1, -0.05) is 147 Å². The van der Waals surface area contributed by atoms with Crippen molar-refractivity contribution in [1.82, 2.24) is 20.9 Å². The predicted octanol–water partition coefficient (Wildman–Crippen LogP) is 11.6. The lowest BCUT2D eigenvalue weighted by Crippen LogP contribution is -2.54. The number of rotatable bonds is 15. The molecule has 3 aliphatic rings. The molecule has 2 saturated carbocycles. The van der Waals surface area contributed by atoms with Crippen molar-refractivity contribution >= 4 is 0 Å². The Hall–Kier alpha value is -2.56. The Morgan fingerprint density at radius 2 is 1.37 bits per heavy atom. The van der Waals surface area contributed by atoms with Crippen LogP contribution in [0.15, 0.2) is 73.5 Å². The molecule has 3 fully saturated rings. The highest BCUT2D eigenvalue weighted by Crippen LogP contribution is 2.54. The quantitative estimate of drug-likeness (QED) is 0.102. The van der Waals surface area contributed by atoms with Crippen molar-refractivity contribution in [2.45, 2.75) is 179 Å². The summed E-state index contributed by atoms with van der Waals surface area (Å²) >= 11 is 0. The van der Waals surface area contributed by atoms with Gasteiger partial charge in [-0.2, -0.15) is 0 Å². The predicted molar refractivity (Wildman–Crippen MR) is 223 cm³/mol. The van der Waals surface area contributed by atoms with Crippen LogP contribution in [0.3, 0.4) is 0 Å². The Labute approximate surface area is 307 Å². The van der Waals surface area contributed by atoms with E-state index in [9.17, 15) is 0 Å². The fourth-order valence-corrected chi connectivity index (χ4v) is 7.19. The number of allylic oxidation sites excluding steroid dienone is 1. The summed E-state index contributed by atoms with van der Waals surface area (Å²) in [4.78, 5) is 2.56. The van der Waals surface area contributed by atoms with Gasteiger partial charge in [0.05, 0.1) is 23.9 Å². The molecule has 0 spiro atoms. The maximum atomic E-state index is 6.05. The van der Waals surface area contributed by atoms with Crippen molar-refractivity contribution in [1.29, 1.82) is 0 Å². The SMILES string of the molecule is C=C(C)C.C=C(NC(CC)C(C)(C)C)NC(C(=C)N1C[C@@H]2C[C@@H]2C1C(=C)NC(CCC)C(=C)C(=C)N)C1(C)CCCCC1.CC.CC.CC. The highest BCUT2D eigenvalue weighted by atomic mass is 15.3. The van der Waals surface area contributed by atoms with Gasteiger partial charge < -0.3 is 26.6 Å². The van der Waals surface area contributed by atoms with E-state index in [2.05, 4.69) is 95.3 Å². The molecule has 0 aromatic carbocycles. The summed E-state index contributed by atoms with van der Waals surface area (Å²) in [7, 11) is 0. The monoisotopic (exact) mass is 684 g/mol. The van der Waals surface area contributed by atoms with Crippen LogP contribution < -0.4 is 21.7 Å². The minimum atomic E-state index is 0.0602. The second-order valence-corrected chi connectivity index (χ2v) is 15.3. The average Bonchev–Trinajstić information content (AvgIpc) is 3.72. The zero-order valence-corrected chi connectivity index (χ0v) is 35.3. The minimum absolute atomic E-state index is 0.0602. The first kappa shape index (κ1) is 48.6. The Kier molecular flexibility index (Phi) is 23.6. The van der Waals surface area contributed by atoms with Crippen LogP contribution in [0.5, 0.6) is 0 Å². The van der Waals surface area contributed by atoms with Gasteiger partial charge in [0.2, 0.25) is 0 Å². The van der Waals surface area contributed by atoms with Crippen LogP contribution in [0, 0.1) is 22.7 Å². The number of nitrogens with one attached hydrogen (secondary N) is 3. The molecule has 0 amide bonds. The van der Waals surface area contributed by atoms with Gasteiger partial charge in [-0.3, -0.25) is 0 Å². The average molecular weight is 684 g/mol. The molecule has 1 saturated heterocycles. The first-order valence-electron chi connectivity index (χ1n) is 19.8. The van der Waals surface area contributed by atoms with E-state index in [1.54, 1.807) is 0 Å². The van der Waals surface area contributed by atoms with Crippen LogP contribution in [0.2, 0.25) is 0 Å². The van der Waals surface area contributed by atoms with Gasteiger partial charge in [0, 0.05) is 29.7 Å². The summed E-state index contributed by atoms with van der Waals surface area (Å²) in [6.45, 7) is 56.3. The molecule has 2 aliphatic carbocycles. The summed E-state index contributed by atoms with van der Waals surface area (Å²) in [5.41, 5.74) is 11.2. The van der Waals surface area contributed by atoms with Crippen LogP contribution in [0.1, 0.15) is 155 Å². The van der Waals surface area contributed by atoms with Crippen molar-refractivity contribution in [3.05, 3.63) is 73.5 Å². The molecule has 0 aromatic rings. The smallest absolute Gasteiger partial charge is 0.0920 e. The zero-order valence-electron chi connectivity index (χ0n) is 35.3. The van der Waals surface area contributed by atoms with Crippen LogP contribution in [0.4, 0.5) is 0 Å². The maximum Gasteiger partial charge on any atom is 0.0920 e. The van der Waals surface area contributed by atoms with Crippen molar-refractivity contribution in [3.63, 3.8) is 0 Å². The van der Waals surface area contributed by atoms with E-state index in [0.29, 0.717) is 23.6 Å². The molecule has 4 unspecified atom stereocenters. The van der Waals surface area contributed by atoms with E-state index in [1.165, 1.54) is 49.8 Å². The highest BCUT2D eigenvalue weighted by molar-refractivity contribution is 5.31. The number of hydrogen-bond acceptors (Lipinski definition) is 5. The standard InChI is InChI=1S/C34H59N5.C4H8.3C2H6/c1-12-17-29(22(3)23(4)35)36-24(5)31-28-20-27(28)21-39(31)25(6)32(34(11)18-15-14-16-19-34)38-26(7)37-30(13-2)33(8,9)10;1-4(2)3;3*1-2/h27-32,36-38H,3-7,12-21,35H2,1-2,8-11H3;1H2,2-3H3;3*1-2H3/t27-,28-,29?,30?,31?,32?;;;;/m0..../s1. The molecule has 1 aliphatic heterocycles. The van der Waals surface area contributed by atoms with Crippen molar-refractivity contribution in [2.75, 3.05) is 6.54 Å². The van der Waals surface area contributed by atoms with Crippen molar-refractivity contribution in [2.24, 2.45) is 28.4 Å². The van der Waals surface area contributed by atoms with Crippen molar-refractivity contribution in [3.8, 4) is 0 Å². The van der Waals surface area contributed by atoms with E-state index >= 15 is 0 Å².